The summed E-state index contributed by atoms with van der Waals surface area (Å²) < 4.78 is 42.2. The van der Waals surface area contributed by atoms with Gasteiger partial charge in [-0.25, -0.2) is 23.4 Å². The van der Waals surface area contributed by atoms with Crippen molar-refractivity contribution in [3.63, 3.8) is 0 Å². The molecule has 5 aromatic rings. The maximum absolute atomic E-state index is 14.4. The zero-order valence-electron chi connectivity index (χ0n) is 21.5. The van der Waals surface area contributed by atoms with Gasteiger partial charge in [0.15, 0.2) is 5.65 Å². The van der Waals surface area contributed by atoms with Crippen molar-refractivity contribution in [2.24, 2.45) is 0 Å². The number of nitrogen functional groups attached to an aromatic ring is 1. The van der Waals surface area contributed by atoms with E-state index >= 15 is 0 Å². The first kappa shape index (κ1) is 25.2. The summed E-state index contributed by atoms with van der Waals surface area (Å²) in [7, 11) is 1.56. The van der Waals surface area contributed by atoms with Gasteiger partial charge in [0.25, 0.3) is 0 Å². The number of hydrogen-bond acceptors (Lipinski definition) is 7. The molecule has 0 bridgehead atoms. The second-order valence-electron chi connectivity index (χ2n) is 9.31. The predicted octanol–water partition coefficient (Wildman–Crippen LogP) is 5.71. The molecule has 2 unspecified atom stereocenters. The summed E-state index contributed by atoms with van der Waals surface area (Å²) in [5, 5.41) is 5.40. The average molecular weight is 540 g/mol. The van der Waals surface area contributed by atoms with E-state index in [1.165, 1.54) is 36.7 Å². The molecule has 0 spiro atoms. The van der Waals surface area contributed by atoms with Gasteiger partial charge in [0.1, 0.15) is 59.1 Å². The van der Waals surface area contributed by atoms with Crippen LogP contribution < -0.4 is 15.2 Å². The molecule has 0 saturated heterocycles. The van der Waals surface area contributed by atoms with Crippen LogP contribution in [0.4, 0.5) is 14.6 Å². The number of rotatable bonds is 6. The van der Waals surface area contributed by atoms with Gasteiger partial charge < -0.3 is 20.0 Å². The van der Waals surface area contributed by atoms with E-state index in [1.54, 1.807) is 23.9 Å². The maximum Gasteiger partial charge on any atom is 0.164 e. The monoisotopic (exact) mass is 539 g/mol. The van der Waals surface area contributed by atoms with E-state index in [4.69, 9.17) is 20.3 Å². The van der Waals surface area contributed by atoms with E-state index in [1.807, 2.05) is 31.2 Å². The lowest BCUT2D eigenvalue weighted by molar-refractivity contribution is -0.108. The van der Waals surface area contributed by atoms with Crippen LogP contribution in [-0.4, -0.2) is 33.1 Å². The van der Waals surface area contributed by atoms with Crippen LogP contribution in [0.3, 0.4) is 0 Å². The molecule has 0 saturated carbocycles. The van der Waals surface area contributed by atoms with Crippen molar-refractivity contribution in [2.75, 3.05) is 12.8 Å². The molecule has 0 aliphatic carbocycles. The van der Waals surface area contributed by atoms with Gasteiger partial charge in [-0.15, -0.1) is 0 Å². The van der Waals surface area contributed by atoms with Crippen molar-refractivity contribution < 1.29 is 23.0 Å². The van der Waals surface area contributed by atoms with Crippen LogP contribution in [0.2, 0.25) is 0 Å². The van der Waals surface area contributed by atoms with E-state index in [9.17, 15) is 13.6 Å². The summed E-state index contributed by atoms with van der Waals surface area (Å²) in [6.45, 7) is 1.82. The molecule has 8 nitrogen and oxygen atoms in total. The normalized spacial score (nSPS) is 15.4. The number of ether oxygens (including phenoxy) is 2. The Hall–Kier alpha value is -5.12. The molecule has 2 N–H and O–H groups in total. The molecule has 1 aliphatic rings. The Morgan fingerprint density at radius 1 is 1.05 bits per heavy atom. The van der Waals surface area contributed by atoms with E-state index in [0.717, 1.165) is 0 Å². The summed E-state index contributed by atoms with van der Waals surface area (Å²) in [5.41, 5.74) is 9.07. The number of carbonyl (C=O) groups excluding carboxylic acids is 1. The van der Waals surface area contributed by atoms with Crippen molar-refractivity contribution in [2.45, 2.75) is 18.9 Å². The average Bonchev–Trinajstić information content (AvgIpc) is 3.36. The van der Waals surface area contributed by atoms with Gasteiger partial charge in [-0.05, 0) is 55.0 Å². The lowest BCUT2D eigenvalue weighted by Gasteiger charge is -2.31. The molecule has 200 valence electrons. The zero-order valence-corrected chi connectivity index (χ0v) is 21.5. The zero-order chi connectivity index (χ0) is 28.0. The fourth-order valence-corrected chi connectivity index (χ4v) is 5.17. The number of fused-ring (bicyclic) bond motifs is 2. The Balaban J connectivity index is 1.62. The number of aldehydes is 1. The number of methoxy groups -OCH3 is 1. The summed E-state index contributed by atoms with van der Waals surface area (Å²) in [6.07, 6.45) is 2.04. The third kappa shape index (κ3) is 4.05. The first-order chi connectivity index (χ1) is 19.4. The van der Waals surface area contributed by atoms with Crippen LogP contribution >= 0.6 is 0 Å². The molecular formula is C30H23F2N5O3. The number of allylic oxidation sites excluding steroid dienone is 2. The molecule has 6 rings (SSSR count). The highest BCUT2D eigenvalue weighted by Crippen LogP contribution is 2.47. The van der Waals surface area contributed by atoms with Crippen LogP contribution in [0.15, 0.2) is 78.8 Å². The lowest BCUT2D eigenvalue weighted by atomic mass is 9.83. The minimum absolute atomic E-state index is 0.222. The second kappa shape index (κ2) is 9.88. The number of nitrogens with two attached hydrogens (primary N) is 1. The number of nitrogens with zero attached hydrogens (tertiary/aromatic N) is 4. The first-order valence-electron chi connectivity index (χ1n) is 12.5. The molecule has 1 aliphatic heterocycles. The molecular weight excluding hydrogens is 516 g/mol. The fourth-order valence-electron chi connectivity index (χ4n) is 5.17. The van der Waals surface area contributed by atoms with Crippen molar-refractivity contribution in [1.82, 2.24) is 19.7 Å². The van der Waals surface area contributed by atoms with Crippen molar-refractivity contribution in [3.8, 4) is 22.8 Å². The minimum atomic E-state index is -0.922. The van der Waals surface area contributed by atoms with E-state index in [0.29, 0.717) is 62.5 Å². The van der Waals surface area contributed by atoms with Crippen LogP contribution in [0.25, 0.3) is 27.9 Å². The van der Waals surface area contributed by atoms with Gasteiger partial charge in [0.2, 0.25) is 0 Å². The molecule has 0 radical (unpaired) electrons. The smallest absolute Gasteiger partial charge is 0.164 e. The maximum atomic E-state index is 14.4. The van der Waals surface area contributed by atoms with E-state index < -0.39 is 23.6 Å². The van der Waals surface area contributed by atoms with Crippen LogP contribution in [-0.2, 0) is 4.79 Å². The van der Waals surface area contributed by atoms with Crippen molar-refractivity contribution in [1.29, 1.82) is 0 Å². The third-order valence-corrected chi connectivity index (χ3v) is 7.00. The number of aromatic nitrogens is 4. The lowest BCUT2D eigenvalue weighted by Crippen LogP contribution is -2.23. The van der Waals surface area contributed by atoms with Crippen molar-refractivity contribution in [3.05, 3.63) is 102 Å². The number of carbonyl (C=O) groups is 1. The Morgan fingerprint density at radius 3 is 2.62 bits per heavy atom. The third-order valence-electron chi connectivity index (χ3n) is 7.00. The number of para-hydroxylation sites is 1. The van der Waals surface area contributed by atoms with Gasteiger partial charge in [-0.2, -0.15) is 5.10 Å². The van der Waals surface area contributed by atoms with Crippen LogP contribution in [0, 0.1) is 11.6 Å². The topological polar surface area (TPSA) is 105 Å². The van der Waals surface area contributed by atoms with Crippen molar-refractivity contribution >= 4 is 28.7 Å². The highest BCUT2D eigenvalue weighted by Gasteiger charge is 2.35. The van der Waals surface area contributed by atoms with Gasteiger partial charge >= 0.3 is 0 Å². The Bertz CT molecular complexity index is 1820. The molecule has 40 heavy (non-hydrogen) atoms. The SMILES string of the molecule is COc1ccccc1-c1nn(C(C)C2=C(c3cccc(F)c3)C(C=O)c3cc(F)ccc3O2)c2ncnc(N)c12. The van der Waals surface area contributed by atoms with Gasteiger partial charge in [-0.1, -0.05) is 24.3 Å². The summed E-state index contributed by atoms with van der Waals surface area (Å²) in [5.74, 6) is -0.485. The molecule has 0 amide bonds. The molecule has 10 heteroatoms. The summed E-state index contributed by atoms with van der Waals surface area (Å²) in [6, 6.07) is 16.5. The Labute approximate surface area is 227 Å². The van der Waals surface area contributed by atoms with Gasteiger partial charge in [0.05, 0.1) is 18.4 Å². The molecule has 2 atom stereocenters. The number of hydrogen-bond donors (Lipinski definition) is 1. The fraction of sp³-hybridized carbons (Fsp3) is 0.133. The highest BCUT2D eigenvalue weighted by atomic mass is 19.1. The summed E-state index contributed by atoms with van der Waals surface area (Å²) in [4.78, 5) is 21.2. The number of benzene rings is 3. The van der Waals surface area contributed by atoms with E-state index in [-0.39, 0.29) is 5.82 Å². The molecule has 3 aromatic carbocycles. The second-order valence-corrected chi connectivity index (χ2v) is 9.31. The number of halogens is 2. The Kier molecular flexibility index (Phi) is 6.22. The van der Waals surface area contributed by atoms with E-state index in [2.05, 4.69) is 9.97 Å². The molecule has 0 fully saturated rings. The van der Waals surface area contributed by atoms with Gasteiger partial charge in [-0.3, -0.25) is 0 Å². The molecule has 2 aromatic heterocycles. The first-order valence-corrected chi connectivity index (χ1v) is 12.5. The summed E-state index contributed by atoms with van der Waals surface area (Å²) >= 11 is 0. The highest BCUT2D eigenvalue weighted by molar-refractivity contribution is 5.99. The minimum Gasteiger partial charge on any atom is -0.496 e. The number of anilines is 1. The quantitative estimate of drug-likeness (QED) is 0.276. The van der Waals surface area contributed by atoms with Crippen LogP contribution in [0.5, 0.6) is 11.5 Å². The van der Waals surface area contributed by atoms with Gasteiger partial charge in [0, 0.05) is 16.7 Å². The standard InChI is InChI=1S/C30H23F2N5O3/c1-16(37-30-26(29(33)34-15-35-30)27(36-37)20-8-3-4-9-23(20)39-2)28-25(17-6-5-7-18(31)12-17)22(14-38)21-13-19(32)10-11-24(21)40-28/h3-16,22H,1-2H3,(H2,33,34,35). The molecule has 3 heterocycles. The predicted molar refractivity (Wildman–Crippen MR) is 146 cm³/mol. The Morgan fingerprint density at radius 2 is 1.85 bits per heavy atom. The van der Waals surface area contributed by atoms with Crippen LogP contribution in [0.1, 0.15) is 30.0 Å². The largest absolute Gasteiger partial charge is 0.496 e.